The summed E-state index contributed by atoms with van der Waals surface area (Å²) >= 11 is 0. The molecule has 26 heavy (non-hydrogen) atoms. The maximum atomic E-state index is 12.1. The van der Waals surface area contributed by atoms with Gasteiger partial charge in [0.2, 0.25) is 0 Å². The Labute approximate surface area is 159 Å². The molecule has 1 amide bonds. The van der Waals surface area contributed by atoms with Gasteiger partial charge in [0.1, 0.15) is 5.72 Å². The lowest BCUT2D eigenvalue weighted by molar-refractivity contribution is 0.0376. The van der Waals surface area contributed by atoms with Gasteiger partial charge in [-0.15, -0.1) is 0 Å². The lowest BCUT2D eigenvalue weighted by atomic mass is 10.1. The Morgan fingerprint density at radius 1 is 0.962 bits per heavy atom. The van der Waals surface area contributed by atoms with Gasteiger partial charge >= 0.3 is 0 Å². The van der Waals surface area contributed by atoms with Crippen molar-refractivity contribution in [2.24, 2.45) is 0 Å². The highest BCUT2D eigenvalue weighted by Crippen LogP contribution is 2.13. The smallest absolute Gasteiger partial charge is 0.253 e. The molecule has 148 valence electrons. The van der Waals surface area contributed by atoms with Crippen LogP contribution in [0.1, 0.15) is 95.3 Å². The zero-order valence-electron chi connectivity index (χ0n) is 16.9. The molecular weight excluding hydrogens is 324 g/mol. The second kappa shape index (κ2) is 12.7. The van der Waals surface area contributed by atoms with Crippen molar-refractivity contribution in [2.45, 2.75) is 90.7 Å². The van der Waals surface area contributed by atoms with E-state index in [0.29, 0.717) is 5.56 Å². The highest BCUT2D eigenvalue weighted by atomic mass is 16.3. The molecule has 0 aromatic heterocycles. The van der Waals surface area contributed by atoms with Crippen LogP contribution in [0.25, 0.3) is 0 Å². The third-order valence-electron chi connectivity index (χ3n) is 4.40. The molecule has 0 saturated heterocycles. The fraction of sp³-hybridized carbons (Fsp3) is 0.682. The first-order chi connectivity index (χ1) is 12.4. The molecule has 0 aliphatic carbocycles. The Morgan fingerprint density at radius 2 is 1.54 bits per heavy atom. The molecule has 0 spiro atoms. The number of carbonyl (C=O) groups is 1. The van der Waals surface area contributed by atoms with E-state index < -0.39 is 5.72 Å². The molecule has 3 N–H and O–H groups in total. The number of amides is 1. The second-order valence-corrected chi connectivity index (χ2v) is 7.70. The third kappa shape index (κ3) is 11.1. The van der Waals surface area contributed by atoms with Crippen LogP contribution in [-0.4, -0.2) is 23.3 Å². The summed E-state index contributed by atoms with van der Waals surface area (Å²) in [6, 6.07) is 7.42. The molecule has 0 saturated carbocycles. The summed E-state index contributed by atoms with van der Waals surface area (Å²) in [4.78, 5) is 12.1. The van der Waals surface area contributed by atoms with Gasteiger partial charge < -0.3 is 15.7 Å². The average Bonchev–Trinajstić information content (AvgIpc) is 2.58. The maximum Gasteiger partial charge on any atom is 0.253 e. The number of nitrogens with one attached hydrogen (secondary N) is 2. The normalized spacial score (nSPS) is 11.4. The Bertz CT molecular complexity index is 509. The van der Waals surface area contributed by atoms with Gasteiger partial charge in [0.05, 0.1) is 0 Å². The zero-order chi connectivity index (χ0) is 19.3. The van der Waals surface area contributed by atoms with Gasteiger partial charge in [0.25, 0.3) is 5.91 Å². The van der Waals surface area contributed by atoms with Gasteiger partial charge in [-0.1, -0.05) is 70.8 Å². The Hall–Kier alpha value is -1.55. The Kier molecular flexibility index (Phi) is 11.0. The number of anilines is 1. The standard InChI is InChI=1S/C22H38N2O2/c1-4-5-6-7-8-9-10-11-12-13-17-23-20-16-14-15-19(18-20)21(25)24-22(2,3)26/h14-16,18,23,26H,4-13,17H2,1-3H3,(H,24,25). The monoisotopic (exact) mass is 362 g/mol. The number of hydrogen-bond donors (Lipinski definition) is 3. The molecular formula is C22H38N2O2. The van der Waals surface area contributed by atoms with Crippen LogP contribution in [0.5, 0.6) is 0 Å². The van der Waals surface area contributed by atoms with E-state index in [2.05, 4.69) is 17.6 Å². The van der Waals surface area contributed by atoms with E-state index in [4.69, 9.17) is 0 Å². The molecule has 0 fully saturated rings. The lowest BCUT2D eigenvalue weighted by Crippen LogP contribution is -2.43. The highest BCUT2D eigenvalue weighted by molar-refractivity contribution is 5.95. The van der Waals surface area contributed by atoms with Crippen molar-refractivity contribution < 1.29 is 9.90 Å². The van der Waals surface area contributed by atoms with E-state index in [-0.39, 0.29) is 5.91 Å². The zero-order valence-corrected chi connectivity index (χ0v) is 16.9. The molecule has 0 aliphatic rings. The number of unbranched alkanes of at least 4 members (excludes halogenated alkanes) is 9. The van der Waals surface area contributed by atoms with Crippen LogP contribution in [0.4, 0.5) is 5.69 Å². The minimum absolute atomic E-state index is 0.264. The molecule has 4 heteroatoms. The first-order valence-electron chi connectivity index (χ1n) is 10.3. The molecule has 0 bridgehead atoms. The van der Waals surface area contributed by atoms with E-state index in [1.165, 1.54) is 57.8 Å². The minimum Gasteiger partial charge on any atom is -0.385 e. The molecule has 0 radical (unpaired) electrons. The predicted molar refractivity (Wildman–Crippen MR) is 111 cm³/mol. The summed E-state index contributed by atoms with van der Waals surface area (Å²) in [5.41, 5.74) is 0.292. The van der Waals surface area contributed by atoms with Gasteiger partial charge in [-0.3, -0.25) is 4.79 Å². The van der Waals surface area contributed by atoms with Gasteiger partial charge in [0, 0.05) is 17.8 Å². The number of carbonyl (C=O) groups excluding carboxylic acids is 1. The van der Waals surface area contributed by atoms with Crippen molar-refractivity contribution in [3.8, 4) is 0 Å². The second-order valence-electron chi connectivity index (χ2n) is 7.70. The number of rotatable bonds is 14. The van der Waals surface area contributed by atoms with Crippen molar-refractivity contribution in [3.63, 3.8) is 0 Å². The highest BCUT2D eigenvalue weighted by Gasteiger charge is 2.16. The van der Waals surface area contributed by atoms with Crippen LogP contribution >= 0.6 is 0 Å². The third-order valence-corrected chi connectivity index (χ3v) is 4.40. The summed E-state index contributed by atoms with van der Waals surface area (Å²) in [6.45, 7) is 6.29. The van der Waals surface area contributed by atoms with Gasteiger partial charge in [0.15, 0.2) is 0 Å². The molecule has 1 rings (SSSR count). The molecule has 1 aromatic rings. The van der Waals surface area contributed by atoms with Crippen LogP contribution in [0, 0.1) is 0 Å². The summed E-state index contributed by atoms with van der Waals surface area (Å²) in [5, 5.41) is 15.6. The lowest BCUT2D eigenvalue weighted by Gasteiger charge is -2.19. The summed E-state index contributed by atoms with van der Waals surface area (Å²) in [6.07, 6.45) is 13.3. The van der Waals surface area contributed by atoms with Crippen molar-refractivity contribution in [2.75, 3.05) is 11.9 Å². The summed E-state index contributed by atoms with van der Waals surface area (Å²) < 4.78 is 0. The average molecular weight is 363 g/mol. The summed E-state index contributed by atoms with van der Waals surface area (Å²) in [5.74, 6) is -0.264. The molecule has 0 unspecified atom stereocenters. The first kappa shape index (κ1) is 22.5. The fourth-order valence-corrected chi connectivity index (χ4v) is 2.97. The SMILES string of the molecule is CCCCCCCCCCCCNc1cccc(C(=O)NC(C)(C)O)c1. The fourth-order valence-electron chi connectivity index (χ4n) is 2.97. The van der Waals surface area contributed by atoms with Gasteiger partial charge in [-0.2, -0.15) is 0 Å². The molecule has 0 aliphatic heterocycles. The molecule has 4 nitrogen and oxygen atoms in total. The van der Waals surface area contributed by atoms with Crippen LogP contribution in [0.3, 0.4) is 0 Å². The topological polar surface area (TPSA) is 61.4 Å². The predicted octanol–water partition coefficient (Wildman–Crippen LogP) is 5.48. The van der Waals surface area contributed by atoms with Gasteiger partial charge in [-0.25, -0.2) is 0 Å². The van der Waals surface area contributed by atoms with E-state index in [1.54, 1.807) is 19.9 Å². The van der Waals surface area contributed by atoms with Crippen LogP contribution in [0.2, 0.25) is 0 Å². The number of hydrogen-bond acceptors (Lipinski definition) is 3. The largest absolute Gasteiger partial charge is 0.385 e. The van der Waals surface area contributed by atoms with Crippen molar-refractivity contribution in [1.29, 1.82) is 0 Å². The van der Waals surface area contributed by atoms with Crippen LogP contribution in [-0.2, 0) is 0 Å². The van der Waals surface area contributed by atoms with Gasteiger partial charge in [-0.05, 0) is 38.5 Å². The van der Waals surface area contributed by atoms with E-state index in [9.17, 15) is 9.90 Å². The summed E-state index contributed by atoms with van der Waals surface area (Å²) in [7, 11) is 0. The Balaban J connectivity index is 2.14. The van der Waals surface area contributed by atoms with E-state index >= 15 is 0 Å². The van der Waals surface area contributed by atoms with Crippen molar-refractivity contribution >= 4 is 11.6 Å². The van der Waals surface area contributed by atoms with Crippen LogP contribution < -0.4 is 10.6 Å². The van der Waals surface area contributed by atoms with Crippen LogP contribution in [0.15, 0.2) is 24.3 Å². The minimum atomic E-state index is -1.21. The molecule has 1 aromatic carbocycles. The quantitative estimate of drug-likeness (QED) is 0.303. The maximum absolute atomic E-state index is 12.1. The molecule has 0 heterocycles. The van der Waals surface area contributed by atoms with Crippen molar-refractivity contribution in [3.05, 3.63) is 29.8 Å². The van der Waals surface area contributed by atoms with Crippen molar-refractivity contribution in [1.82, 2.24) is 5.32 Å². The molecule has 0 atom stereocenters. The number of benzene rings is 1. The van der Waals surface area contributed by atoms with E-state index in [1.807, 2.05) is 18.2 Å². The Morgan fingerprint density at radius 3 is 2.12 bits per heavy atom. The first-order valence-corrected chi connectivity index (χ1v) is 10.3. The van der Waals surface area contributed by atoms with E-state index in [0.717, 1.165) is 18.7 Å². The number of aliphatic hydroxyl groups is 1.